The number of rotatable bonds is 4. The second-order valence-electron chi connectivity index (χ2n) is 4.77. The molecule has 7 nitrogen and oxygen atoms in total. The standard InChI is InChI=1S/C12H16N4O3S2/c13-11(17)10-3-1-2-6-16(10)21(18,19)8-4-5-9(12(14)20)15-7-8/h4-5,7,10H,1-3,6H2,(H2,13,17)(H2,14,20). The topological polar surface area (TPSA) is 119 Å². The van der Waals surface area contributed by atoms with E-state index in [2.05, 4.69) is 4.98 Å². The maximum atomic E-state index is 12.6. The van der Waals surface area contributed by atoms with Crippen molar-refractivity contribution < 1.29 is 13.2 Å². The summed E-state index contributed by atoms with van der Waals surface area (Å²) in [6.45, 7) is 0.271. The lowest BCUT2D eigenvalue weighted by Crippen LogP contribution is -2.50. The van der Waals surface area contributed by atoms with E-state index in [1.54, 1.807) is 0 Å². The van der Waals surface area contributed by atoms with Crippen LogP contribution in [-0.2, 0) is 14.8 Å². The van der Waals surface area contributed by atoms with Gasteiger partial charge in [-0.15, -0.1) is 0 Å². The highest BCUT2D eigenvalue weighted by Gasteiger charge is 2.36. The average molecular weight is 328 g/mol. The Balaban J connectivity index is 2.35. The maximum Gasteiger partial charge on any atom is 0.245 e. The average Bonchev–Trinajstić information content (AvgIpc) is 2.47. The lowest BCUT2D eigenvalue weighted by atomic mass is 10.0. The molecule has 114 valence electrons. The van der Waals surface area contributed by atoms with E-state index in [1.807, 2.05) is 0 Å². The Hall–Kier alpha value is -1.58. The number of piperidine rings is 1. The van der Waals surface area contributed by atoms with Gasteiger partial charge in [0.25, 0.3) is 0 Å². The summed E-state index contributed by atoms with van der Waals surface area (Å²) in [5.74, 6) is -0.633. The molecule has 0 aromatic carbocycles. The molecular weight excluding hydrogens is 312 g/mol. The summed E-state index contributed by atoms with van der Waals surface area (Å²) in [7, 11) is -3.81. The van der Waals surface area contributed by atoms with Gasteiger partial charge in [-0.1, -0.05) is 18.6 Å². The maximum absolute atomic E-state index is 12.6. The molecule has 0 radical (unpaired) electrons. The van der Waals surface area contributed by atoms with Gasteiger partial charge in [-0.2, -0.15) is 4.31 Å². The highest BCUT2D eigenvalue weighted by Crippen LogP contribution is 2.24. The first-order chi connectivity index (χ1) is 9.84. The molecule has 0 bridgehead atoms. The van der Waals surface area contributed by atoms with Crippen molar-refractivity contribution in [1.82, 2.24) is 9.29 Å². The number of hydrogen-bond donors (Lipinski definition) is 2. The number of carbonyl (C=O) groups is 1. The summed E-state index contributed by atoms with van der Waals surface area (Å²) < 4.78 is 26.3. The minimum absolute atomic E-state index is 0.00403. The van der Waals surface area contributed by atoms with Gasteiger partial charge in [0, 0.05) is 12.7 Å². The van der Waals surface area contributed by atoms with Gasteiger partial charge in [0.1, 0.15) is 15.9 Å². The van der Waals surface area contributed by atoms with Gasteiger partial charge in [-0.05, 0) is 25.0 Å². The third kappa shape index (κ3) is 3.20. The Bertz CT molecular complexity index is 658. The fourth-order valence-electron chi connectivity index (χ4n) is 2.29. The molecule has 1 atom stereocenters. The van der Waals surface area contributed by atoms with E-state index in [0.717, 1.165) is 10.7 Å². The van der Waals surface area contributed by atoms with Crippen LogP contribution in [0.5, 0.6) is 0 Å². The zero-order valence-corrected chi connectivity index (χ0v) is 12.9. The summed E-state index contributed by atoms with van der Waals surface area (Å²) >= 11 is 4.77. The van der Waals surface area contributed by atoms with Crippen LogP contribution in [0.2, 0.25) is 0 Å². The quantitative estimate of drug-likeness (QED) is 0.735. The molecule has 21 heavy (non-hydrogen) atoms. The van der Waals surface area contributed by atoms with Crippen molar-refractivity contribution in [1.29, 1.82) is 0 Å². The third-order valence-corrected chi connectivity index (χ3v) is 5.48. The van der Waals surface area contributed by atoms with E-state index < -0.39 is 22.0 Å². The van der Waals surface area contributed by atoms with Gasteiger partial charge in [0.15, 0.2) is 0 Å². The van der Waals surface area contributed by atoms with Crippen molar-refractivity contribution in [3.63, 3.8) is 0 Å². The molecule has 2 heterocycles. The van der Waals surface area contributed by atoms with Gasteiger partial charge >= 0.3 is 0 Å². The van der Waals surface area contributed by atoms with E-state index in [-0.39, 0.29) is 16.4 Å². The Morgan fingerprint density at radius 1 is 1.33 bits per heavy atom. The highest BCUT2D eigenvalue weighted by atomic mass is 32.2. The lowest BCUT2D eigenvalue weighted by Gasteiger charge is -2.32. The second-order valence-corrected chi connectivity index (χ2v) is 7.10. The summed E-state index contributed by atoms with van der Waals surface area (Å²) in [5.41, 5.74) is 11.1. The molecule has 1 aliphatic rings. The normalized spacial score (nSPS) is 20.1. The number of primary amides is 1. The number of carbonyl (C=O) groups excluding carboxylic acids is 1. The number of sulfonamides is 1. The van der Waals surface area contributed by atoms with Crippen LogP contribution in [0.1, 0.15) is 25.0 Å². The summed E-state index contributed by atoms with van der Waals surface area (Å²) in [4.78, 5) is 15.5. The lowest BCUT2D eigenvalue weighted by molar-refractivity contribution is -0.122. The molecule has 4 N–H and O–H groups in total. The number of pyridine rings is 1. The highest BCUT2D eigenvalue weighted by molar-refractivity contribution is 7.89. The van der Waals surface area contributed by atoms with Crippen LogP contribution in [0.4, 0.5) is 0 Å². The molecule has 1 fully saturated rings. The molecule has 9 heteroatoms. The van der Waals surface area contributed by atoms with Gasteiger partial charge < -0.3 is 11.5 Å². The summed E-state index contributed by atoms with van der Waals surface area (Å²) in [5, 5.41) is 0. The van der Waals surface area contributed by atoms with Crippen molar-refractivity contribution >= 4 is 33.1 Å². The molecule has 0 spiro atoms. The van der Waals surface area contributed by atoms with E-state index >= 15 is 0 Å². The summed E-state index contributed by atoms with van der Waals surface area (Å²) in [6.07, 6.45) is 3.10. The summed E-state index contributed by atoms with van der Waals surface area (Å²) in [6, 6.07) is 2.01. The minimum Gasteiger partial charge on any atom is -0.388 e. The van der Waals surface area contributed by atoms with E-state index in [4.69, 9.17) is 23.7 Å². The molecule has 1 aromatic rings. The number of nitrogens with zero attached hydrogens (tertiary/aromatic N) is 2. The van der Waals surface area contributed by atoms with E-state index in [1.165, 1.54) is 18.3 Å². The molecule has 0 aliphatic carbocycles. The molecule has 1 unspecified atom stereocenters. The molecule has 1 aliphatic heterocycles. The molecule has 2 rings (SSSR count). The predicted octanol–water partition coefficient (Wildman–Crippen LogP) is -0.256. The van der Waals surface area contributed by atoms with Crippen LogP contribution in [0, 0.1) is 0 Å². The largest absolute Gasteiger partial charge is 0.388 e. The van der Waals surface area contributed by atoms with Crippen molar-refractivity contribution in [3.05, 3.63) is 24.0 Å². The molecular formula is C12H16N4O3S2. The van der Waals surface area contributed by atoms with Gasteiger partial charge in [0.05, 0.1) is 5.69 Å². The number of hydrogen-bond acceptors (Lipinski definition) is 5. The number of nitrogens with two attached hydrogens (primary N) is 2. The van der Waals surface area contributed by atoms with Crippen LogP contribution >= 0.6 is 12.2 Å². The van der Waals surface area contributed by atoms with Crippen LogP contribution in [0.15, 0.2) is 23.2 Å². The van der Waals surface area contributed by atoms with Crippen molar-refractivity contribution in [2.24, 2.45) is 11.5 Å². The van der Waals surface area contributed by atoms with Crippen LogP contribution in [0.3, 0.4) is 0 Å². The van der Waals surface area contributed by atoms with Crippen molar-refractivity contribution in [2.75, 3.05) is 6.54 Å². The van der Waals surface area contributed by atoms with Gasteiger partial charge in [-0.3, -0.25) is 9.78 Å². The second kappa shape index (κ2) is 6.04. The Labute approximate surface area is 128 Å². The minimum atomic E-state index is -3.81. The molecule has 0 saturated carbocycles. The SMILES string of the molecule is NC(=O)C1CCCCN1S(=O)(=O)c1ccc(C(N)=S)nc1. The van der Waals surface area contributed by atoms with Crippen molar-refractivity contribution in [2.45, 2.75) is 30.2 Å². The number of amides is 1. The first-order valence-corrected chi connectivity index (χ1v) is 8.26. The smallest absolute Gasteiger partial charge is 0.245 e. The van der Waals surface area contributed by atoms with Crippen LogP contribution in [-0.4, -0.2) is 41.2 Å². The fourth-order valence-corrected chi connectivity index (χ4v) is 4.02. The van der Waals surface area contributed by atoms with E-state index in [9.17, 15) is 13.2 Å². The Morgan fingerprint density at radius 3 is 2.57 bits per heavy atom. The van der Waals surface area contributed by atoms with Crippen LogP contribution < -0.4 is 11.5 Å². The van der Waals surface area contributed by atoms with Crippen molar-refractivity contribution in [3.8, 4) is 0 Å². The third-order valence-electron chi connectivity index (χ3n) is 3.38. The van der Waals surface area contributed by atoms with E-state index in [0.29, 0.717) is 18.5 Å². The number of aromatic nitrogens is 1. The fraction of sp³-hybridized carbons (Fsp3) is 0.417. The van der Waals surface area contributed by atoms with Gasteiger partial charge in [0.2, 0.25) is 15.9 Å². The zero-order valence-electron chi connectivity index (χ0n) is 11.2. The Morgan fingerprint density at radius 2 is 2.05 bits per heavy atom. The van der Waals surface area contributed by atoms with Crippen LogP contribution in [0.25, 0.3) is 0 Å². The predicted molar refractivity (Wildman–Crippen MR) is 80.8 cm³/mol. The van der Waals surface area contributed by atoms with Gasteiger partial charge in [-0.25, -0.2) is 8.42 Å². The zero-order chi connectivity index (χ0) is 15.6. The first kappa shape index (κ1) is 15.8. The Kier molecular flexibility index (Phi) is 4.55. The molecule has 1 saturated heterocycles. The monoisotopic (exact) mass is 328 g/mol. The number of thiocarbonyl (C=S) groups is 1. The first-order valence-electron chi connectivity index (χ1n) is 6.41. The molecule has 1 aromatic heterocycles. The molecule has 1 amide bonds.